The van der Waals surface area contributed by atoms with E-state index in [1.807, 2.05) is 12.1 Å². The first kappa shape index (κ1) is 18.4. The molecule has 0 spiro atoms. The molecule has 2 atom stereocenters. The number of hydrogen-bond donors (Lipinski definition) is 3. The second kappa shape index (κ2) is 5.86. The van der Waals surface area contributed by atoms with Gasteiger partial charge in [0, 0.05) is 40.5 Å². The van der Waals surface area contributed by atoms with Crippen molar-refractivity contribution in [3.63, 3.8) is 0 Å². The van der Waals surface area contributed by atoms with E-state index >= 15 is 0 Å². The molecule has 2 unspecified atom stereocenters. The van der Waals surface area contributed by atoms with E-state index in [1.54, 1.807) is 0 Å². The van der Waals surface area contributed by atoms with Crippen LogP contribution < -0.4 is 5.32 Å². The summed E-state index contributed by atoms with van der Waals surface area (Å²) in [6, 6.07) is 14.5. The van der Waals surface area contributed by atoms with Crippen molar-refractivity contribution < 1.29 is 15.0 Å². The van der Waals surface area contributed by atoms with Crippen molar-refractivity contribution in [2.75, 3.05) is 5.32 Å². The highest BCUT2D eigenvalue weighted by Crippen LogP contribution is 2.63. The lowest BCUT2D eigenvalue weighted by molar-refractivity contribution is -0.226. The molecule has 0 radical (unpaired) electrons. The average molecular weight is 405 g/mol. The van der Waals surface area contributed by atoms with Gasteiger partial charge in [0.15, 0.2) is 0 Å². The number of aliphatic hydroxyl groups is 2. The molecule has 1 aromatic heterocycles. The number of benzene rings is 2. The zero-order valence-corrected chi connectivity index (χ0v) is 17.3. The largest absolute Gasteiger partial charge is 0.390 e. The quantitative estimate of drug-likeness (QED) is 0.612. The van der Waals surface area contributed by atoms with Gasteiger partial charge in [0.05, 0.1) is 16.6 Å². The molecule has 5 heteroatoms. The van der Waals surface area contributed by atoms with Crippen LogP contribution in [0.2, 0.25) is 0 Å². The highest BCUT2D eigenvalue weighted by molar-refractivity contribution is 6.10. The van der Waals surface area contributed by atoms with Crippen molar-refractivity contribution in [3.05, 3.63) is 42.5 Å². The van der Waals surface area contributed by atoms with Gasteiger partial charge in [-0.2, -0.15) is 0 Å². The fourth-order valence-corrected chi connectivity index (χ4v) is 7.33. The normalized spacial score (nSPS) is 34.7. The van der Waals surface area contributed by atoms with Gasteiger partial charge >= 0.3 is 0 Å². The minimum Gasteiger partial charge on any atom is -0.390 e. The number of aryl methyl sites for hydroxylation is 1. The summed E-state index contributed by atoms with van der Waals surface area (Å²) in [5.41, 5.74) is 0.670. The Hall–Kier alpha value is -2.37. The Morgan fingerprint density at radius 1 is 1.00 bits per heavy atom. The Balaban J connectivity index is 1.37. The third kappa shape index (κ3) is 2.51. The van der Waals surface area contributed by atoms with Gasteiger partial charge in [-0.1, -0.05) is 18.2 Å². The summed E-state index contributed by atoms with van der Waals surface area (Å²) in [7, 11) is 0. The second-order valence-corrected chi connectivity index (χ2v) is 10.2. The lowest BCUT2D eigenvalue weighted by Gasteiger charge is -2.62. The molecule has 3 N–H and O–H groups in total. The number of anilines is 1. The minimum atomic E-state index is -0.899. The van der Waals surface area contributed by atoms with Crippen LogP contribution in [0.1, 0.15) is 45.4 Å². The van der Waals surface area contributed by atoms with Crippen molar-refractivity contribution in [3.8, 4) is 0 Å². The van der Waals surface area contributed by atoms with Crippen LogP contribution in [0.5, 0.6) is 0 Å². The predicted octanol–water partition coefficient (Wildman–Crippen LogP) is 4.20. The molecule has 3 aromatic rings. The van der Waals surface area contributed by atoms with E-state index in [2.05, 4.69) is 47.1 Å². The summed E-state index contributed by atoms with van der Waals surface area (Å²) >= 11 is 0. The molecule has 0 aliphatic heterocycles. The molecule has 4 aliphatic rings. The Kier molecular flexibility index (Phi) is 3.60. The van der Waals surface area contributed by atoms with Crippen LogP contribution in [-0.2, 0) is 11.3 Å². The molecule has 4 fully saturated rings. The topological polar surface area (TPSA) is 74.5 Å². The number of aromatic nitrogens is 1. The van der Waals surface area contributed by atoms with Crippen molar-refractivity contribution in [2.45, 2.75) is 63.2 Å². The minimum absolute atomic E-state index is 0.0537. The van der Waals surface area contributed by atoms with Gasteiger partial charge in [-0.15, -0.1) is 0 Å². The highest BCUT2D eigenvalue weighted by Gasteiger charge is 2.65. The second-order valence-electron chi connectivity index (χ2n) is 10.2. The van der Waals surface area contributed by atoms with E-state index < -0.39 is 16.6 Å². The maximum absolute atomic E-state index is 13.5. The SMILES string of the molecule is CCn1c2ccccc2c2cc(NC(=O)C34CC5CC(O)(CC(O)(C5)C3)C4)ccc21. The van der Waals surface area contributed by atoms with Gasteiger partial charge in [0.25, 0.3) is 0 Å². The molecule has 2 aromatic carbocycles. The average Bonchev–Trinajstić information content (AvgIpc) is 2.98. The fourth-order valence-electron chi connectivity index (χ4n) is 7.33. The Morgan fingerprint density at radius 2 is 1.70 bits per heavy atom. The Bertz CT molecular complexity index is 1180. The number of nitrogens with zero attached hydrogens (tertiary/aromatic N) is 1. The smallest absolute Gasteiger partial charge is 0.230 e. The fraction of sp³-hybridized carbons (Fsp3) is 0.480. The van der Waals surface area contributed by atoms with Gasteiger partial charge in [0.2, 0.25) is 5.91 Å². The number of para-hydroxylation sites is 1. The van der Waals surface area contributed by atoms with Crippen molar-refractivity contribution in [1.82, 2.24) is 4.57 Å². The maximum Gasteiger partial charge on any atom is 0.230 e. The number of hydrogen-bond acceptors (Lipinski definition) is 3. The summed E-state index contributed by atoms with van der Waals surface area (Å²) in [4.78, 5) is 13.5. The predicted molar refractivity (Wildman–Crippen MR) is 117 cm³/mol. The number of nitrogens with one attached hydrogen (secondary N) is 1. The van der Waals surface area contributed by atoms with Crippen LogP contribution in [0.25, 0.3) is 21.8 Å². The summed E-state index contributed by atoms with van der Waals surface area (Å²) in [5.74, 6) is 0.175. The van der Waals surface area contributed by atoms with Crippen LogP contribution >= 0.6 is 0 Å². The Labute approximate surface area is 175 Å². The number of fused-ring (bicyclic) bond motifs is 3. The molecule has 1 amide bonds. The van der Waals surface area contributed by atoms with Crippen molar-refractivity contribution in [2.24, 2.45) is 11.3 Å². The van der Waals surface area contributed by atoms with Crippen LogP contribution in [0, 0.1) is 11.3 Å². The van der Waals surface area contributed by atoms with Gasteiger partial charge in [0.1, 0.15) is 0 Å². The first-order valence-corrected chi connectivity index (χ1v) is 11.1. The summed E-state index contributed by atoms with van der Waals surface area (Å²) in [5, 5.41) is 27.5. The van der Waals surface area contributed by atoms with Crippen LogP contribution in [0.15, 0.2) is 42.5 Å². The molecule has 1 heterocycles. The van der Waals surface area contributed by atoms with Crippen molar-refractivity contribution in [1.29, 1.82) is 0 Å². The first-order chi connectivity index (χ1) is 14.3. The third-order valence-electron chi connectivity index (χ3n) is 7.84. The van der Waals surface area contributed by atoms with E-state index in [0.717, 1.165) is 29.6 Å². The third-order valence-corrected chi connectivity index (χ3v) is 7.84. The summed E-state index contributed by atoms with van der Waals surface area (Å²) in [6.07, 6.45) is 3.53. The number of amides is 1. The van der Waals surface area contributed by atoms with Gasteiger partial charge in [-0.3, -0.25) is 4.79 Å². The Morgan fingerprint density at radius 3 is 2.40 bits per heavy atom. The zero-order valence-electron chi connectivity index (χ0n) is 17.3. The van der Waals surface area contributed by atoms with Gasteiger partial charge in [-0.05, 0) is 69.2 Å². The molecule has 4 bridgehead atoms. The molecular formula is C25H28N2O3. The van der Waals surface area contributed by atoms with E-state index in [0.29, 0.717) is 32.1 Å². The standard InChI is InChI=1S/C25H28N2O3/c1-2-27-20-6-4-3-5-18(20)19-9-17(7-8-21(19)27)26-22(28)23-10-16-11-24(29,13-23)15-25(30,12-16)14-23/h3-9,16,29-30H,2,10-15H2,1H3,(H,26,28). The van der Waals surface area contributed by atoms with E-state index in [1.165, 1.54) is 10.9 Å². The molecular weight excluding hydrogens is 376 g/mol. The lowest BCUT2D eigenvalue weighted by atomic mass is 9.46. The number of carbonyl (C=O) groups is 1. The monoisotopic (exact) mass is 404 g/mol. The molecule has 4 aliphatic carbocycles. The molecule has 5 nitrogen and oxygen atoms in total. The van der Waals surface area contributed by atoms with E-state index in [-0.39, 0.29) is 11.8 Å². The van der Waals surface area contributed by atoms with Crippen LogP contribution in [0.3, 0.4) is 0 Å². The summed E-state index contributed by atoms with van der Waals surface area (Å²) < 4.78 is 2.29. The lowest BCUT2D eigenvalue weighted by Crippen LogP contribution is -2.65. The molecule has 30 heavy (non-hydrogen) atoms. The first-order valence-electron chi connectivity index (χ1n) is 11.1. The molecule has 7 rings (SSSR count). The maximum atomic E-state index is 13.5. The van der Waals surface area contributed by atoms with Gasteiger partial charge < -0.3 is 20.1 Å². The van der Waals surface area contributed by atoms with E-state index in [9.17, 15) is 15.0 Å². The molecule has 0 saturated heterocycles. The van der Waals surface area contributed by atoms with E-state index in [4.69, 9.17) is 0 Å². The number of rotatable bonds is 3. The van der Waals surface area contributed by atoms with Crippen LogP contribution in [0.4, 0.5) is 5.69 Å². The molecule has 156 valence electrons. The zero-order chi connectivity index (χ0) is 20.7. The van der Waals surface area contributed by atoms with Crippen LogP contribution in [-0.4, -0.2) is 31.9 Å². The number of carbonyl (C=O) groups excluding carboxylic acids is 1. The summed E-state index contributed by atoms with van der Waals surface area (Å²) in [6.45, 7) is 3.03. The van der Waals surface area contributed by atoms with Gasteiger partial charge in [-0.25, -0.2) is 0 Å². The highest BCUT2D eigenvalue weighted by atomic mass is 16.3. The molecule has 4 saturated carbocycles. The van der Waals surface area contributed by atoms with Crippen molar-refractivity contribution >= 4 is 33.4 Å².